The molecule has 0 N–H and O–H groups in total. The third-order valence-electron chi connectivity index (χ3n) is 8.47. The number of ether oxygens (including phenoxy) is 1. The van der Waals surface area contributed by atoms with E-state index in [1.165, 1.54) is 193 Å². The fraction of sp³-hybridized carbons (Fsp3) is 0.921. The molecule has 0 rings (SSSR count). The average molecular weight is 563 g/mol. The Hall–Kier alpha value is -0.790. The maximum atomic E-state index is 11.9. The number of allylic oxidation sites excluding steroid dienone is 1. The number of rotatable bonds is 34. The summed E-state index contributed by atoms with van der Waals surface area (Å²) in [4.78, 5) is 11.9. The molecule has 0 bridgehead atoms. The van der Waals surface area contributed by atoms with Gasteiger partial charge < -0.3 is 4.74 Å². The number of carbonyl (C=O) groups is 1. The zero-order valence-electron chi connectivity index (χ0n) is 27.8. The summed E-state index contributed by atoms with van der Waals surface area (Å²) in [6.07, 6.45) is 47.4. The van der Waals surface area contributed by atoms with Gasteiger partial charge in [0.15, 0.2) is 0 Å². The lowest BCUT2D eigenvalue weighted by Crippen LogP contribution is -2.02. The number of hydrogen-bond donors (Lipinski definition) is 0. The van der Waals surface area contributed by atoms with Crippen molar-refractivity contribution in [3.8, 4) is 0 Å². The quantitative estimate of drug-likeness (QED) is 0.0443. The van der Waals surface area contributed by atoms with E-state index in [0.29, 0.717) is 6.61 Å². The second-order valence-electron chi connectivity index (χ2n) is 12.6. The van der Waals surface area contributed by atoms with E-state index in [2.05, 4.69) is 13.8 Å². The van der Waals surface area contributed by atoms with Gasteiger partial charge in [-0.25, -0.2) is 4.79 Å². The molecule has 0 spiro atoms. The second kappa shape index (κ2) is 36.2. The van der Waals surface area contributed by atoms with Gasteiger partial charge in [-0.3, -0.25) is 0 Å². The molecule has 2 nitrogen and oxygen atoms in total. The second-order valence-corrected chi connectivity index (χ2v) is 12.6. The largest absolute Gasteiger partial charge is 0.463 e. The van der Waals surface area contributed by atoms with Gasteiger partial charge in [-0.15, -0.1) is 0 Å². The fourth-order valence-electron chi connectivity index (χ4n) is 5.68. The molecule has 2 heteroatoms. The van der Waals surface area contributed by atoms with E-state index < -0.39 is 0 Å². The standard InChI is InChI=1S/C38H74O2/c1-3-5-7-9-11-13-15-17-19-20-21-23-25-27-29-31-33-35-37-40-38(39)36-34-32-30-28-26-24-22-18-16-14-12-10-8-6-4-2/h34,36H,3-33,35,37H2,1-2H3. The average Bonchev–Trinajstić information content (AvgIpc) is 2.96. The van der Waals surface area contributed by atoms with Crippen LogP contribution in [0.2, 0.25) is 0 Å². The molecule has 0 saturated carbocycles. The fourth-order valence-corrected chi connectivity index (χ4v) is 5.68. The van der Waals surface area contributed by atoms with Gasteiger partial charge in [-0.2, -0.15) is 0 Å². The predicted molar refractivity (Wildman–Crippen MR) is 179 cm³/mol. The summed E-state index contributed by atoms with van der Waals surface area (Å²) in [5.41, 5.74) is 0. The van der Waals surface area contributed by atoms with Crippen LogP contribution in [0.25, 0.3) is 0 Å². The van der Waals surface area contributed by atoms with E-state index in [0.717, 1.165) is 12.8 Å². The van der Waals surface area contributed by atoms with Crippen molar-refractivity contribution < 1.29 is 9.53 Å². The van der Waals surface area contributed by atoms with Crippen LogP contribution in [0.5, 0.6) is 0 Å². The number of esters is 1. The van der Waals surface area contributed by atoms with Crippen LogP contribution in [0.3, 0.4) is 0 Å². The van der Waals surface area contributed by atoms with Gasteiger partial charge in [0.1, 0.15) is 0 Å². The lowest BCUT2D eigenvalue weighted by atomic mass is 10.0. The Labute approximate surface area is 253 Å². The summed E-state index contributed by atoms with van der Waals surface area (Å²) in [7, 11) is 0. The van der Waals surface area contributed by atoms with Crippen molar-refractivity contribution in [3.63, 3.8) is 0 Å². The highest BCUT2D eigenvalue weighted by atomic mass is 16.5. The first-order valence-electron chi connectivity index (χ1n) is 18.6. The topological polar surface area (TPSA) is 26.3 Å². The Morgan fingerprint density at radius 2 is 0.675 bits per heavy atom. The smallest absolute Gasteiger partial charge is 0.330 e. The SMILES string of the molecule is CCCCCCCCCCCCCCCC=CC(=O)OCCCCCCCCCCCCCCCCCCCC. The zero-order chi connectivity index (χ0) is 29.0. The summed E-state index contributed by atoms with van der Waals surface area (Å²) >= 11 is 0. The highest BCUT2D eigenvalue weighted by molar-refractivity contribution is 5.81. The van der Waals surface area contributed by atoms with Gasteiger partial charge in [-0.05, 0) is 19.3 Å². The Morgan fingerprint density at radius 3 is 1.00 bits per heavy atom. The minimum atomic E-state index is -0.151. The molecular formula is C38H74O2. The van der Waals surface area contributed by atoms with Crippen LogP contribution in [0.15, 0.2) is 12.2 Å². The Bertz CT molecular complexity index is 498. The minimum absolute atomic E-state index is 0.151. The molecule has 0 aromatic carbocycles. The van der Waals surface area contributed by atoms with E-state index in [4.69, 9.17) is 4.74 Å². The van der Waals surface area contributed by atoms with Crippen LogP contribution in [-0.2, 0) is 9.53 Å². The van der Waals surface area contributed by atoms with E-state index in [1.54, 1.807) is 6.08 Å². The Balaban J connectivity index is 3.20. The van der Waals surface area contributed by atoms with Crippen LogP contribution < -0.4 is 0 Å². The van der Waals surface area contributed by atoms with Crippen LogP contribution in [0.1, 0.15) is 219 Å². The van der Waals surface area contributed by atoms with Gasteiger partial charge in [-0.1, -0.05) is 206 Å². The highest BCUT2D eigenvalue weighted by Crippen LogP contribution is 2.15. The Morgan fingerprint density at radius 1 is 0.400 bits per heavy atom. The first-order valence-corrected chi connectivity index (χ1v) is 18.6. The van der Waals surface area contributed by atoms with Crippen molar-refractivity contribution in [2.24, 2.45) is 0 Å². The minimum Gasteiger partial charge on any atom is -0.463 e. The monoisotopic (exact) mass is 563 g/mol. The van der Waals surface area contributed by atoms with Crippen LogP contribution in [0.4, 0.5) is 0 Å². The van der Waals surface area contributed by atoms with Gasteiger partial charge in [0.25, 0.3) is 0 Å². The molecule has 0 radical (unpaired) electrons. The van der Waals surface area contributed by atoms with E-state index in [-0.39, 0.29) is 5.97 Å². The van der Waals surface area contributed by atoms with Gasteiger partial charge >= 0.3 is 5.97 Å². The summed E-state index contributed by atoms with van der Waals surface area (Å²) in [6.45, 7) is 5.16. The van der Waals surface area contributed by atoms with E-state index in [9.17, 15) is 4.79 Å². The lowest BCUT2D eigenvalue weighted by Gasteiger charge is -2.04. The summed E-state index contributed by atoms with van der Waals surface area (Å²) in [5, 5.41) is 0. The molecule has 0 aromatic heterocycles. The van der Waals surface area contributed by atoms with E-state index >= 15 is 0 Å². The molecule has 0 atom stereocenters. The third kappa shape index (κ3) is 35.2. The van der Waals surface area contributed by atoms with Crippen molar-refractivity contribution in [3.05, 3.63) is 12.2 Å². The van der Waals surface area contributed by atoms with Gasteiger partial charge in [0, 0.05) is 6.08 Å². The summed E-state index contributed by atoms with van der Waals surface area (Å²) in [5.74, 6) is -0.151. The highest BCUT2D eigenvalue weighted by Gasteiger charge is 1.98. The first kappa shape index (κ1) is 39.2. The molecule has 0 aromatic rings. The Kier molecular flexibility index (Phi) is 35.5. The number of unbranched alkanes of at least 4 members (excludes halogenated alkanes) is 30. The number of carbonyl (C=O) groups excluding carboxylic acids is 1. The van der Waals surface area contributed by atoms with Crippen LogP contribution >= 0.6 is 0 Å². The van der Waals surface area contributed by atoms with E-state index in [1.807, 2.05) is 6.08 Å². The molecule has 0 amide bonds. The summed E-state index contributed by atoms with van der Waals surface area (Å²) < 4.78 is 5.36. The summed E-state index contributed by atoms with van der Waals surface area (Å²) in [6, 6.07) is 0. The molecule has 40 heavy (non-hydrogen) atoms. The van der Waals surface area contributed by atoms with Crippen molar-refractivity contribution in [2.75, 3.05) is 6.61 Å². The normalized spacial score (nSPS) is 11.6. The molecule has 0 aliphatic carbocycles. The zero-order valence-corrected chi connectivity index (χ0v) is 27.8. The maximum Gasteiger partial charge on any atom is 0.330 e. The van der Waals surface area contributed by atoms with Crippen LogP contribution in [-0.4, -0.2) is 12.6 Å². The molecule has 0 fully saturated rings. The third-order valence-corrected chi connectivity index (χ3v) is 8.47. The molecule has 0 unspecified atom stereocenters. The van der Waals surface area contributed by atoms with Crippen molar-refractivity contribution in [1.82, 2.24) is 0 Å². The van der Waals surface area contributed by atoms with Crippen molar-refractivity contribution in [1.29, 1.82) is 0 Å². The van der Waals surface area contributed by atoms with Crippen molar-refractivity contribution >= 4 is 5.97 Å². The van der Waals surface area contributed by atoms with Gasteiger partial charge in [0.05, 0.1) is 6.61 Å². The number of hydrogen-bond acceptors (Lipinski definition) is 2. The molecule has 0 aliphatic heterocycles. The first-order chi connectivity index (χ1) is 19.8. The van der Waals surface area contributed by atoms with Crippen molar-refractivity contribution in [2.45, 2.75) is 219 Å². The molecule has 238 valence electrons. The molecule has 0 aliphatic rings. The van der Waals surface area contributed by atoms with Crippen LogP contribution in [0, 0.1) is 0 Å². The predicted octanol–water partition coefficient (Wildman–Crippen LogP) is 13.6. The molecule has 0 saturated heterocycles. The molecule has 0 heterocycles. The molecular weight excluding hydrogens is 488 g/mol. The lowest BCUT2D eigenvalue weighted by molar-refractivity contribution is -0.137. The maximum absolute atomic E-state index is 11.9. The van der Waals surface area contributed by atoms with Gasteiger partial charge in [0.2, 0.25) is 0 Å².